The topological polar surface area (TPSA) is 0 Å². The zero-order valence-corrected chi connectivity index (χ0v) is 36.8. The molecule has 0 aliphatic carbocycles. The number of quaternary nitrogens is 2. The van der Waals surface area contributed by atoms with Gasteiger partial charge in [0.2, 0.25) is 6.17 Å². The van der Waals surface area contributed by atoms with Gasteiger partial charge in [-0.15, -0.1) is 0 Å². The molecule has 0 rings (SSSR count). The van der Waals surface area contributed by atoms with Crippen molar-refractivity contribution in [2.24, 2.45) is 0 Å². The van der Waals surface area contributed by atoms with Crippen molar-refractivity contribution in [2.45, 2.75) is 273 Å². The fraction of sp³-hybridized carbons (Fsp3) is 1.00. The van der Waals surface area contributed by atoms with Gasteiger partial charge in [0.05, 0.1) is 45.7 Å². The van der Waals surface area contributed by atoms with Crippen LogP contribution in [0.15, 0.2) is 0 Å². The molecular weight excluding hydrogens is 605 g/mol. The number of rotatable bonds is 42. The smallest absolute Gasteiger partial charge is 0.216 e. The lowest BCUT2D eigenvalue weighted by molar-refractivity contribution is -1.13. The van der Waals surface area contributed by atoms with Crippen molar-refractivity contribution in [3.8, 4) is 0 Å². The minimum atomic E-state index is 0.828. The van der Waals surface area contributed by atoms with Crippen molar-refractivity contribution in [3.05, 3.63) is 0 Å². The summed E-state index contributed by atoms with van der Waals surface area (Å²) in [4.78, 5) is 0. The maximum Gasteiger partial charge on any atom is 0.216 e. The van der Waals surface area contributed by atoms with Crippen molar-refractivity contribution in [2.75, 3.05) is 39.3 Å². The molecule has 0 unspecified atom stereocenters. The van der Waals surface area contributed by atoms with Crippen LogP contribution in [0.1, 0.15) is 267 Å². The van der Waals surface area contributed by atoms with E-state index in [1.165, 1.54) is 267 Å². The predicted molar refractivity (Wildman–Crippen MR) is 230 cm³/mol. The lowest BCUT2D eigenvalue weighted by atomic mass is 9.97. The summed E-state index contributed by atoms with van der Waals surface area (Å²) in [5.74, 6) is 0. The first-order chi connectivity index (χ1) is 24.6. The molecule has 0 spiro atoms. The maximum atomic E-state index is 2.41. The third-order valence-corrected chi connectivity index (χ3v) is 12.6. The van der Waals surface area contributed by atoms with Crippen LogP contribution in [0, 0.1) is 0 Å². The molecule has 0 aliphatic rings. The van der Waals surface area contributed by atoms with Gasteiger partial charge in [-0.05, 0) is 83.5 Å². The molecule has 0 saturated carbocycles. The number of unbranched alkanes of at least 4 members (excludes halogenated alkanes) is 26. The van der Waals surface area contributed by atoms with E-state index < -0.39 is 0 Å². The summed E-state index contributed by atoms with van der Waals surface area (Å²) in [5, 5.41) is 0. The molecule has 0 bridgehead atoms. The molecule has 0 radical (unpaired) electrons. The molecule has 0 aromatic carbocycles. The fourth-order valence-electron chi connectivity index (χ4n) is 9.39. The third-order valence-electron chi connectivity index (χ3n) is 12.6. The fourth-order valence-corrected chi connectivity index (χ4v) is 9.39. The van der Waals surface area contributed by atoms with Gasteiger partial charge in [0.15, 0.2) is 0 Å². The Kier molecular flexibility index (Phi) is 37.2. The van der Waals surface area contributed by atoms with Crippen LogP contribution in [0.4, 0.5) is 0 Å². The normalized spacial score (nSPS) is 12.5. The summed E-state index contributed by atoms with van der Waals surface area (Å²) in [6.45, 7) is 25.6. The van der Waals surface area contributed by atoms with E-state index in [0.29, 0.717) is 0 Å². The molecule has 50 heavy (non-hydrogen) atoms. The zero-order chi connectivity index (χ0) is 36.9. The van der Waals surface area contributed by atoms with E-state index in [0.717, 1.165) is 6.17 Å². The van der Waals surface area contributed by atoms with Gasteiger partial charge in [-0.3, -0.25) is 8.97 Å². The van der Waals surface area contributed by atoms with E-state index in [9.17, 15) is 0 Å². The van der Waals surface area contributed by atoms with Crippen LogP contribution in [0.2, 0.25) is 0 Å². The molecular formula is C48H102N2+2. The Hall–Kier alpha value is -0.0800. The first-order valence-electron chi connectivity index (χ1n) is 24.3. The Morgan fingerprint density at radius 1 is 0.220 bits per heavy atom. The molecule has 0 heterocycles. The summed E-state index contributed by atoms with van der Waals surface area (Å²) in [6.07, 6.45) is 49.7. The predicted octanol–water partition coefficient (Wildman–Crippen LogP) is 16.3. The number of nitrogens with zero attached hydrogens (tertiary/aromatic N) is 2. The highest BCUT2D eigenvalue weighted by Crippen LogP contribution is 2.35. The van der Waals surface area contributed by atoms with Crippen LogP contribution in [0.25, 0.3) is 0 Å². The summed E-state index contributed by atoms with van der Waals surface area (Å²) in [6, 6.07) is 0. The highest BCUT2D eigenvalue weighted by atomic mass is 15.6. The lowest BCUT2D eigenvalue weighted by Gasteiger charge is -2.55. The first-order valence-corrected chi connectivity index (χ1v) is 24.3. The molecule has 2 nitrogen and oxygen atoms in total. The van der Waals surface area contributed by atoms with Crippen molar-refractivity contribution in [3.63, 3.8) is 0 Å². The molecule has 302 valence electrons. The average molecular weight is 707 g/mol. The minimum Gasteiger partial charge on any atom is -0.275 e. The van der Waals surface area contributed by atoms with Gasteiger partial charge in [0, 0.05) is 0 Å². The highest BCUT2D eigenvalue weighted by Gasteiger charge is 2.49. The van der Waals surface area contributed by atoms with Crippen molar-refractivity contribution < 1.29 is 8.97 Å². The van der Waals surface area contributed by atoms with Gasteiger partial charge in [-0.2, -0.15) is 0 Å². The molecule has 0 aromatic heterocycles. The molecule has 0 aromatic rings. The monoisotopic (exact) mass is 707 g/mol. The van der Waals surface area contributed by atoms with Gasteiger partial charge >= 0.3 is 0 Å². The van der Waals surface area contributed by atoms with Gasteiger partial charge in [0.1, 0.15) is 0 Å². The van der Waals surface area contributed by atoms with E-state index in [2.05, 4.69) is 48.5 Å². The Bertz CT molecular complexity index is 537. The van der Waals surface area contributed by atoms with Crippen LogP contribution in [0.5, 0.6) is 0 Å². The summed E-state index contributed by atoms with van der Waals surface area (Å²) in [7, 11) is 0. The molecule has 0 fully saturated rings. The number of hydrogen-bond acceptors (Lipinski definition) is 0. The number of hydrogen-bond donors (Lipinski definition) is 0. The van der Waals surface area contributed by atoms with Crippen LogP contribution < -0.4 is 0 Å². The Morgan fingerprint density at radius 3 is 0.620 bits per heavy atom. The van der Waals surface area contributed by atoms with Gasteiger partial charge in [-0.1, -0.05) is 177 Å². The quantitative estimate of drug-likeness (QED) is 0.0337. The molecule has 0 amide bonds. The average Bonchev–Trinajstić information content (AvgIpc) is 3.13. The molecule has 0 N–H and O–H groups in total. The van der Waals surface area contributed by atoms with Crippen molar-refractivity contribution in [1.29, 1.82) is 0 Å². The second-order valence-electron chi connectivity index (χ2n) is 17.2. The minimum absolute atomic E-state index is 0.828. The molecule has 2 heteroatoms. The Morgan fingerprint density at radius 2 is 0.400 bits per heavy atom. The van der Waals surface area contributed by atoms with E-state index in [4.69, 9.17) is 0 Å². The lowest BCUT2D eigenvalue weighted by Crippen LogP contribution is -2.71. The Balaban J connectivity index is 6.87. The molecule has 0 saturated heterocycles. The van der Waals surface area contributed by atoms with Gasteiger partial charge in [-0.25, -0.2) is 0 Å². The van der Waals surface area contributed by atoms with E-state index >= 15 is 0 Å². The highest BCUT2D eigenvalue weighted by molar-refractivity contribution is 4.64. The third kappa shape index (κ3) is 25.0. The maximum absolute atomic E-state index is 2.41. The van der Waals surface area contributed by atoms with Gasteiger partial charge in [0.25, 0.3) is 0 Å². The van der Waals surface area contributed by atoms with Crippen LogP contribution in [-0.2, 0) is 0 Å². The van der Waals surface area contributed by atoms with Crippen molar-refractivity contribution in [1.82, 2.24) is 0 Å². The van der Waals surface area contributed by atoms with Crippen LogP contribution >= 0.6 is 0 Å². The summed E-state index contributed by atoms with van der Waals surface area (Å²) >= 11 is 0. The summed E-state index contributed by atoms with van der Waals surface area (Å²) in [5.41, 5.74) is 0. The first kappa shape index (κ1) is 49.9. The van der Waals surface area contributed by atoms with Gasteiger partial charge < -0.3 is 0 Å². The second kappa shape index (κ2) is 37.2. The SMILES string of the molecule is CCCCCCCCCCCC([N+](CCCCCC)(CCCCCC)CCCCCC)[N+](CCCCCC)(CCCCCC)CCCCCC. The van der Waals surface area contributed by atoms with E-state index in [-0.39, 0.29) is 0 Å². The van der Waals surface area contributed by atoms with Crippen molar-refractivity contribution >= 4 is 0 Å². The second-order valence-corrected chi connectivity index (χ2v) is 17.2. The molecule has 0 atom stereocenters. The zero-order valence-electron chi connectivity index (χ0n) is 36.8. The Labute approximate surface area is 320 Å². The largest absolute Gasteiger partial charge is 0.275 e. The van der Waals surface area contributed by atoms with E-state index in [1.807, 2.05) is 0 Å². The van der Waals surface area contributed by atoms with E-state index in [1.54, 1.807) is 0 Å². The van der Waals surface area contributed by atoms with Crippen LogP contribution in [0.3, 0.4) is 0 Å². The summed E-state index contributed by atoms with van der Waals surface area (Å²) < 4.78 is 2.98. The standard InChI is InChI=1S/C48H102N2/c1-8-15-22-29-30-31-32-33-34-41-48(49(42-35-23-16-9-2,43-36-24-17-10-3)44-37-25-18-11-4)50(45-38-26-19-12-5,46-39-27-20-13-6)47-40-28-21-14-7/h48H,8-47H2,1-7H3/q+2. The van der Waals surface area contributed by atoms with Crippen LogP contribution in [-0.4, -0.2) is 54.4 Å². The molecule has 0 aliphatic heterocycles.